The van der Waals surface area contributed by atoms with Gasteiger partial charge in [-0.1, -0.05) is 121 Å². The normalized spacial score (nSPS) is 11.3. The lowest BCUT2D eigenvalue weighted by molar-refractivity contribution is 1.29. The molecule has 7 aromatic carbocycles. The average Bonchev–Trinajstić information content (AvgIpc) is 3.44. The molecule has 8 aromatic rings. The molecular formula is C40H27NS. The van der Waals surface area contributed by atoms with Gasteiger partial charge < -0.3 is 4.90 Å². The van der Waals surface area contributed by atoms with Crippen LogP contribution in [-0.2, 0) is 0 Å². The van der Waals surface area contributed by atoms with Crippen molar-refractivity contribution in [1.82, 2.24) is 0 Å². The summed E-state index contributed by atoms with van der Waals surface area (Å²) in [6, 6.07) is 59.2. The molecule has 1 aromatic heterocycles. The molecule has 0 aliphatic heterocycles. The van der Waals surface area contributed by atoms with E-state index in [1.165, 1.54) is 53.2 Å². The van der Waals surface area contributed by atoms with Crippen LogP contribution < -0.4 is 4.90 Å². The van der Waals surface area contributed by atoms with E-state index in [0.717, 1.165) is 17.1 Å². The highest BCUT2D eigenvalue weighted by molar-refractivity contribution is 7.25. The Kier molecular flexibility index (Phi) is 6.05. The first-order chi connectivity index (χ1) is 20.8. The van der Waals surface area contributed by atoms with Gasteiger partial charge in [0.2, 0.25) is 0 Å². The Labute approximate surface area is 249 Å². The van der Waals surface area contributed by atoms with Crippen LogP contribution in [0.15, 0.2) is 164 Å². The van der Waals surface area contributed by atoms with Crippen LogP contribution in [0.1, 0.15) is 0 Å². The second-order valence-electron chi connectivity index (χ2n) is 10.6. The molecule has 0 spiro atoms. The minimum absolute atomic E-state index is 1.13. The number of hydrogen-bond donors (Lipinski definition) is 0. The third-order valence-electron chi connectivity index (χ3n) is 8.06. The monoisotopic (exact) mass is 553 g/mol. The van der Waals surface area contributed by atoms with Crippen LogP contribution in [0.5, 0.6) is 0 Å². The van der Waals surface area contributed by atoms with Gasteiger partial charge in [0.05, 0.1) is 5.69 Å². The standard InChI is InChI=1S/C40H27NS/c1-2-10-28(11-3-1)30-18-22-33(23-19-30)41(34-24-20-29-12-4-5-13-31(29)26-34)38-16-8-6-14-35(38)32-21-25-37-36-15-7-9-17-39(36)42-40(37)27-32/h1-27H. The van der Waals surface area contributed by atoms with Crippen molar-refractivity contribution in [3.05, 3.63) is 164 Å². The van der Waals surface area contributed by atoms with E-state index in [2.05, 4.69) is 169 Å². The van der Waals surface area contributed by atoms with Crippen molar-refractivity contribution >= 4 is 59.3 Å². The highest BCUT2D eigenvalue weighted by Gasteiger charge is 2.18. The van der Waals surface area contributed by atoms with Gasteiger partial charge >= 0.3 is 0 Å². The van der Waals surface area contributed by atoms with Crippen molar-refractivity contribution < 1.29 is 0 Å². The number of anilines is 3. The molecule has 42 heavy (non-hydrogen) atoms. The molecule has 2 heteroatoms. The van der Waals surface area contributed by atoms with Gasteiger partial charge in [-0.2, -0.15) is 0 Å². The lowest BCUT2D eigenvalue weighted by atomic mass is 9.99. The van der Waals surface area contributed by atoms with Gasteiger partial charge in [-0.05, 0) is 69.9 Å². The zero-order valence-electron chi connectivity index (χ0n) is 22.9. The Morgan fingerprint density at radius 3 is 1.90 bits per heavy atom. The number of para-hydroxylation sites is 1. The number of nitrogens with zero attached hydrogens (tertiary/aromatic N) is 1. The van der Waals surface area contributed by atoms with E-state index in [4.69, 9.17) is 0 Å². The molecule has 8 rings (SSSR count). The smallest absolute Gasteiger partial charge is 0.0540 e. The molecule has 198 valence electrons. The first-order valence-electron chi connectivity index (χ1n) is 14.3. The van der Waals surface area contributed by atoms with E-state index in [1.807, 2.05) is 11.3 Å². The lowest BCUT2D eigenvalue weighted by Gasteiger charge is -2.28. The molecular weight excluding hydrogens is 527 g/mol. The van der Waals surface area contributed by atoms with Gasteiger partial charge in [0.15, 0.2) is 0 Å². The highest BCUT2D eigenvalue weighted by atomic mass is 32.1. The summed E-state index contributed by atoms with van der Waals surface area (Å²) in [6.45, 7) is 0. The summed E-state index contributed by atoms with van der Waals surface area (Å²) in [4.78, 5) is 2.39. The molecule has 0 N–H and O–H groups in total. The summed E-state index contributed by atoms with van der Waals surface area (Å²) in [6.07, 6.45) is 0. The van der Waals surface area contributed by atoms with Crippen molar-refractivity contribution in [3.8, 4) is 22.3 Å². The van der Waals surface area contributed by atoms with Gasteiger partial charge in [-0.15, -0.1) is 11.3 Å². The van der Waals surface area contributed by atoms with Crippen molar-refractivity contribution in [2.75, 3.05) is 4.90 Å². The molecule has 1 nitrogen and oxygen atoms in total. The van der Waals surface area contributed by atoms with Crippen LogP contribution in [0.25, 0.3) is 53.2 Å². The third-order valence-corrected chi connectivity index (χ3v) is 9.19. The van der Waals surface area contributed by atoms with Crippen LogP contribution in [-0.4, -0.2) is 0 Å². The topological polar surface area (TPSA) is 3.24 Å². The maximum atomic E-state index is 2.39. The second-order valence-corrected chi connectivity index (χ2v) is 11.7. The third kappa shape index (κ3) is 4.34. The minimum Gasteiger partial charge on any atom is -0.310 e. The second kappa shape index (κ2) is 10.3. The van der Waals surface area contributed by atoms with Crippen LogP contribution in [0.3, 0.4) is 0 Å². The molecule has 0 unspecified atom stereocenters. The van der Waals surface area contributed by atoms with E-state index >= 15 is 0 Å². The highest BCUT2D eigenvalue weighted by Crippen LogP contribution is 2.43. The molecule has 0 saturated carbocycles. The van der Waals surface area contributed by atoms with Crippen molar-refractivity contribution in [3.63, 3.8) is 0 Å². The van der Waals surface area contributed by atoms with Crippen LogP contribution in [0.2, 0.25) is 0 Å². The predicted octanol–water partition coefficient (Wildman–Crippen LogP) is 12.0. The van der Waals surface area contributed by atoms with Crippen LogP contribution >= 0.6 is 11.3 Å². The van der Waals surface area contributed by atoms with E-state index in [0.29, 0.717) is 0 Å². The summed E-state index contributed by atoms with van der Waals surface area (Å²) in [7, 11) is 0. The fourth-order valence-corrected chi connectivity index (χ4v) is 7.13. The molecule has 0 aliphatic rings. The summed E-state index contributed by atoms with van der Waals surface area (Å²) < 4.78 is 2.64. The SMILES string of the molecule is c1ccc(-c2ccc(N(c3ccc4ccccc4c3)c3ccccc3-c3ccc4c(c3)sc3ccccc34)cc2)cc1. The number of thiophene rings is 1. The Bertz CT molecular complexity index is 2190. The zero-order valence-corrected chi connectivity index (χ0v) is 23.8. The molecule has 0 fully saturated rings. The molecule has 0 aliphatic carbocycles. The fourth-order valence-electron chi connectivity index (χ4n) is 5.98. The first kappa shape index (κ1) is 24.6. The summed E-state index contributed by atoms with van der Waals surface area (Å²) in [5.41, 5.74) is 8.27. The van der Waals surface area contributed by atoms with Gasteiger partial charge in [0.1, 0.15) is 0 Å². The molecule has 1 heterocycles. The minimum atomic E-state index is 1.13. The zero-order chi connectivity index (χ0) is 27.9. The van der Waals surface area contributed by atoms with E-state index in [1.54, 1.807) is 0 Å². The molecule has 0 bridgehead atoms. The van der Waals surface area contributed by atoms with E-state index in [-0.39, 0.29) is 0 Å². The number of benzene rings is 7. The summed E-state index contributed by atoms with van der Waals surface area (Å²) >= 11 is 1.86. The quantitative estimate of drug-likeness (QED) is 0.205. The van der Waals surface area contributed by atoms with Crippen LogP contribution in [0, 0.1) is 0 Å². The predicted molar refractivity (Wildman–Crippen MR) is 182 cm³/mol. The molecule has 0 saturated heterocycles. The maximum absolute atomic E-state index is 2.39. The van der Waals surface area contributed by atoms with Gasteiger partial charge in [0, 0.05) is 37.1 Å². The van der Waals surface area contributed by atoms with Crippen LogP contribution in [0.4, 0.5) is 17.1 Å². The number of rotatable bonds is 5. The summed E-state index contributed by atoms with van der Waals surface area (Å²) in [5.74, 6) is 0. The fraction of sp³-hybridized carbons (Fsp3) is 0. The number of fused-ring (bicyclic) bond motifs is 4. The van der Waals surface area contributed by atoms with Crippen molar-refractivity contribution in [2.45, 2.75) is 0 Å². The van der Waals surface area contributed by atoms with Crippen molar-refractivity contribution in [2.24, 2.45) is 0 Å². The largest absolute Gasteiger partial charge is 0.310 e. The maximum Gasteiger partial charge on any atom is 0.0540 e. The molecule has 0 radical (unpaired) electrons. The first-order valence-corrected chi connectivity index (χ1v) is 15.1. The Morgan fingerprint density at radius 1 is 0.381 bits per heavy atom. The van der Waals surface area contributed by atoms with Gasteiger partial charge in [-0.3, -0.25) is 0 Å². The number of hydrogen-bond acceptors (Lipinski definition) is 2. The Morgan fingerprint density at radius 2 is 1.02 bits per heavy atom. The molecule has 0 atom stereocenters. The van der Waals surface area contributed by atoms with E-state index in [9.17, 15) is 0 Å². The average molecular weight is 554 g/mol. The summed E-state index contributed by atoms with van der Waals surface area (Å²) in [5, 5.41) is 5.11. The Hall–Kier alpha value is -5.18. The van der Waals surface area contributed by atoms with E-state index < -0.39 is 0 Å². The Balaban J connectivity index is 1.30. The lowest BCUT2D eigenvalue weighted by Crippen LogP contribution is -2.11. The molecule has 0 amide bonds. The van der Waals surface area contributed by atoms with Gasteiger partial charge in [-0.25, -0.2) is 0 Å². The van der Waals surface area contributed by atoms with Crippen molar-refractivity contribution in [1.29, 1.82) is 0 Å². The van der Waals surface area contributed by atoms with Gasteiger partial charge in [0.25, 0.3) is 0 Å².